The van der Waals surface area contributed by atoms with Crippen molar-refractivity contribution < 1.29 is 14.5 Å². The number of nitro groups is 1. The van der Waals surface area contributed by atoms with E-state index in [1.165, 1.54) is 4.90 Å². The third kappa shape index (κ3) is 4.49. The van der Waals surface area contributed by atoms with E-state index in [-0.39, 0.29) is 11.9 Å². The molecule has 1 aliphatic rings. The molecule has 0 aliphatic carbocycles. The van der Waals surface area contributed by atoms with Crippen molar-refractivity contribution in [1.82, 2.24) is 4.90 Å². The number of carbonyl (C=O) groups is 2. The third-order valence-corrected chi connectivity index (χ3v) is 4.70. The average molecular weight is 367 g/mol. The Bertz CT molecular complexity index is 802. The highest BCUT2D eigenvalue weighted by atomic mass is 16.6. The molecule has 2 aromatic carbocycles. The van der Waals surface area contributed by atoms with Crippen LogP contribution in [-0.4, -0.2) is 47.3 Å². The highest BCUT2D eigenvalue weighted by Crippen LogP contribution is 2.24. The Labute approximate surface area is 157 Å². The molecule has 1 heterocycles. The zero-order valence-corrected chi connectivity index (χ0v) is 14.9. The van der Waals surface area contributed by atoms with Crippen LogP contribution in [0.25, 0.3) is 0 Å². The molecule has 140 valence electrons. The van der Waals surface area contributed by atoms with E-state index in [2.05, 4.69) is 0 Å². The van der Waals surface area contributed by atoms with Gasteiger partial charge in [0.25, 0.3) is 18.4 Å². The molecule has 7 nitrogen and oxygen atoms in total. The van der Waals surface area contributed by atoms with Gasteiger partial charge in [-0.3, -0.25) is 19.7 Å². The summed E-state index contributed by atoms with van der Waals surface area (Å²) < 4.78 is 0. The van der Waals surface area contributed by atoms with Gasteiger partial charge in [0, 0.05) is 35.3 Å². The van der Waals surface area contributed by atoms with Crippen molar-refractivity contribution in [2.45, 2.75) is 18.9 Å². The highest BCUT2D eigenvalue weighted by molar-refractivity contribution is 5.95. The lowest BCUT2D eigenvalue weighted by Crippen LogP contribution is -2.50. The molecule has 0 spiro atoms. The van der Waals surface area contributed by atoms with Gasteiger partial charge >= 0.3 is 0 Å². The van der Waals surface area contributed by atoms with Crippen molar-refractivity contribution in [1.29, 1.82) is 0 Å². The van der Waals surface area contributed by atoms with Crippen molar-refractivity contribution in [2.75, 3.05) is 24.5 Å². The number of likely N-dealkylation sites (tertiary alicyclic amines) is 1. The van der Waals surface area contributed by atoms with Gasteiger partial charge in [0.05, 0.1) is 0 Å². The van der Waals surface area contributed by atoms with Gasteiger partial charge in [0.2, 0.25) is 0 Å². The molecule has 7 heteroatoms. The van der Waals surface area contributed by atoms with Crippen LogP contribution in [0.4, 0.5) is 5.69 Å². The molecule has 0 radical (unpaired) electrons. The molecule has 0 atom stereocenters. The molecule has 3 rings (SSSR count). The maximum atomic E-state index is 12.6. The summed E-state index contributed by atoms with van der Waals surface area (Å²) in [7, 11) is 0. The predicted octanol–water partition coefficient (Wildman–Crippen LogP) is 2.60. The van der Waals surface area contributed by atoms with Crippen molar-refractivity contribution in [3.8, 4) is 0 Å². The fraction of sp³-hybridized carbons (Fsp3) is 0.300. The van der Waals surface area contributed by atoms with Crippen molar-refractivity contribution >= 4 is 17.5 Å². The lowest BCUT2D eigenvalue weighted by Gasteiger charge is -2.38. The van der Waals surface area contributed by atoms with Crippen LogP contribution in [0.15, 0.2) is 60.7 Å². The molecular formula is C20H21N3O4. The summed E-state index contributed by atoms with van der Waals surface area (Å²) in [6.45, 7) is 0.277. The second-order valence-corrected chi connectivity index (χ2v) is 6.48. The Balaban J connectivity index is 1.72. The third-order valence-electron chi connectivity index (χ3n) is 4.70. The molecule has 0 unspecified atom stereocenters. The number of para-hydroxylation sites is 1. The molecule has 2 amide bonds. The van der Waals surface area contributed by atoms with Crippen LogP contribution < -0.4 is 4.90 Å². The van der Waals surface area contributed by atoms with Crippen LogP contribution >= 0.6 is 0 Å². The van der Waals surface area contributed by atoms with Crippen molar-refractivity contribution in [3.63, 3.8) is 0 Å². The second-order valence-electron chi connectivity index (χ2n) is 6.48. The summed E-state index contributed by atoms with van der Waals surface area (Å²) in [6.07, 6.45) is 1.16. The first-order valence-corrected chi connectivity index (χ1v) is 8.89. The normalized spacial score (nSPS) is 14.6. The fourth-order valence-corrected chi connectivity index (χ4v) is 3.42. The Morgan fingerprint density at radius 3 is 2.11 bits per heavy atom. The summed E-state index contributed by atoms with van der Waals surface area (Å²) >= 11 is 0. The summed E-state index contributed by atoms with van der Waals surface area (Å²) in [5.41, 5.74) is 1.29. The molecule has 1 saturated heterocycles. The summed E-state index contributed by atoms with van der Waals surface area (Å²) in [5.74, 6) is -0.559. The van der Waals surface area contributed by atoms with E-state index >= 15 is 0 Å². The number of nitrogens with zero attached hydrogens (tertiary/aromatic N) is 3. The van der Waals surface area contributed by atoms with E-state index in [1.54, 1.807) is 41.3 Å². The predicted molar refractivity (Wildman–Crippen MR) is 101 cm³/mol. The number of carbonyl (C=O) groups excluding carboxylic acids is 2. The van der Waals surface area contributed by atoms with E-state index in [4.69, 9.17) is 0 Å². The Hall–Kier alpha value is -3.22. The van der Waals surface area contributed by atoms with Gasteiger partial charge in [-0.15, -0.1) is 0 Å². The Morgan fingerprint density at radius 2 is 1.56 bits per heavy atom. The Kier molecular flexibility index (Phi) is 5.80. The molecule has 1 fully saturated rings. The maximum Gasteiger partial charge on any atom is 0.298 e. The number of hydrogen-bond acceptors (Lipinski definition) is 4. The van der Waals surface area contributed by atoms with Gasteiger partial charge in [-0.25, -0.2) is 0 Å². The van der Waals surface area contributed by atoms with Gasteiger partial charge in [-0.1, -0.05) is 36.4 Å². The minimum atomic E-state index is -0.738. The van der Waals surface area contributed by atoms with Crippen LogP contribution in [0.2, 0.25) is 0 Å². The molecule has 0 aromatic heterocycles. The van der Waals surface area contributed by atoms with E-state index < -0.39 is 17.4 Å². The van der Waals surface area contributed by atoms with E-state index in [9.17, 15) is 19.7 Å². The van der Waals surface area contributed by atoms with Gasteiger partial charge in [-0.2, -0.15) is 0 Å². The first kappa shape index (κ1) is 18.6. The minimum absolute atomic E-state index is 0.0306. The summed E-state index contributed by atoms with van der Waals surface area (Å²) in [6, 6.07) is 17.9. The second kappa shape index (κ2) is 8.44. The smallest absolute Gasteiger partial charge is 0.298 e. The first-order chi connectivity index (χ1) is 13.1. The fourth-order valence-electron chi connectivity index (χ4n) is 3.42. The van der Waals surface area contributed by atoms with Crippen molar-refractivity contribution in [3.05, 3.63) is 76.3 Å². The van der Waals surface area contributed by atoms with E-state index in [1.807, 2.05) is 24.3 Å². The number of amides is 2. The van der Waals surface area contributed by atoms with E-state index in [0.29, 0.717) is 37.2 Å². The standard InChI is InChI=1S/C20H21N3O4/c24-19(15-22(26)27)23(17-9-5-2-6-10-17)18-11-13-21(14-12-18)20(25)16-7-3-1-4-8-16/h1-10,18H,11-15H2. The quantitative estimate of drug-likeness (QED) is 0.601. The topological polar surface area (TPSA) is 83.8 Å². The van der Waals surface area contributed by atoms with Gasteiger partial charge < -0.3 is 9.80 Å². The molecule has 0 bridgehead atoms. The Morgan fingerprint density at radius 1 is 1.00 bits per heavy atom. The van der Waals surface area contributed by atoms with Gasteiger partial charge in [0.1, 0.15) is 0 Å². The molecule has 2 aromatic rings. The monoisotopic (exact) mass is 367 g/mol. The summed E-state index contributed by atoms with van der Waals surface area (Å²) in [5, 5.41) is 10.8. The van der Waals surface area contributed by atoms with Crippen LogP contribution in [0.5, 0.6) is 0 Å². The molecule has 1 aliphatic heterocycles. The zero-order valence-electron chi connectivity index (χ0n) is 14.9. The number of rotatable bonds is 5. The van der Waals surface area contributed by atoms with Gasteiger partial charge in [-0.05, 0) is 37.1 Å². The molecule has 0 saturated carbocycles. The number of anilines is 1. The lowest BCUT2D eigenvalue weighted by molar-refractivity contribution is -0.467. The lowest BCUT2D eigenvalue weighted by atomic mass is 10.0. The van der Waals surface area contributed by atoms with Crippen LogP contribution in [0.1, 0.15) is 23.2 Å². The number of piperidine rings is 1. The van der Waals surface area contributed by atoms with Crippen LogP contribution in [0.3, 0.4) is 0 Å². The first-order valence-electron chi connectivity index (χ1n) is 8.89. The molecular weight excluding hydrogens is 346 g/mol. The number of hydrogen-bond donors (Lipinski definition) is 0. The average Bonchev–Trinajstić information content (AvgIpc) is 2.69. The zero-order chi connectivity index (χ0) is 19.2. The number of benzene rings is 2. The van der Waals surface area contributed by atoms with E-state index in [0.717, 1.165) is 0 Å². The highest BCUT2D eigenvalue weighted by Gasteiger charge is 2.32. The largest absolute Gasteiger partial charge is 0.338 e. The van der Waals surface area contributed by atoms with Crippen molar-refractivity contribution in [2.24, 2.45) is 0 Å². The van der Waals surface area contributed by atoms with Crippen LogP contribution in [0, 0.1) is 10.1 Å². The minimum Gasteiger partial charge on any atom is -0.338 e. The SMILES string of the molecule is O=C(c1ccccc1)N1CCC(N(C(=O)C[N+](=O)[O-])c2ccccc2)CC1. The summed E-state index contributed by atoms with van der Waals surface area (Å²) in [4.78, 5) is 38.6. The maximum absolute atomic E-state index is 12.6. The van der Waals surface area contributed by atoms with Gasteiger partial charge in [0.15, 0.2) is 0 Å². The molecule has 27 heavy (non-hydrogen) atoms. The molecule has 0 N–H and O–H groups in total. The van der Waals surface area contributed by atoms with Crippen LogP contribution in [-0.2, 0) is 4.79 Å².